The van der Waals surface area contributed by atoms with Gasteiger partial charge in [-0.1, -0.05) is 59.8 Å². The zero-order valence-electron chi connectivity index (χ0n) is 50.6. The first-order valence-corrected chi connectivity index (χ1v) is 30.1. The van der Waals surface area contributed by atoms with Crippen LogP contribution in [0.5, 0.6) is 17.2 Å². The predicted octanol–water partition coefficient (Wildman–Crippen LogP) is -5.57. The Kier molecular flexibility index (Phi) is 29.9. The van der Waals surface area contributed by atoms with Crippen molar-refractivity contribution in [3.63, 3.8) is 0 Å². The number of hydrogen-bond donors (Lipinski definition) is 19. The van der Waals surface area contributed by atoms with E-state index in [4.69, 9.17) is 62.4 Å². The van der Waals surface area contributed by atoms with Gasteiger partial charge in [0.2, 0.25) is 12.6 Å². The lowest BCUT2D eigenvalue weighted by molar-refractivity contribution is -0.384. The van der Waals surface area contributed by atoms with E-state index < -0.39 is 190 Å². The van der Waals surface area contributed by atoms with Crippen LogP contribution in [0.25, 0.3) is 11.0 Å². The highest BCUT2D eigenvalue weighted by atomic mass is 32.2. The standard InChI is InChI=1S/C20H27NO10.C15H16O9.C13H18O6.C12H15NO7S.H2O/c21-7-12(10-4-2-1-3-5-10)30-20-19(27)18(26)17(25)14(31-20)9-28-15-6-11(23)16(24)13(8-22)29-15;16-5-10-12(19)13(20)14(21)15(24-10)23-9-3-6-1-2-11(18)22-8(6)4-7(9)17;1-7-2-4-8(5-3-7)18-13-12(17)11(16)10(15)9(6-14)19-13;14-5-8-9(15)10(16)11(17)12(20-8)21-7-3-1-6(2-4-7)13(18)19;/h1-5,11-20,22-27H,6,8-9H2;1-4,10,12-17,19-21H,5H2;2-5,9-17H,6H2,1H3;1-4,8-12,14-17H,5H2;1H2/t11-,12?,13-,14-,15-,16+,17-,18+,19-,20-;10-,12-,13+,14-,15-;9-,10-,11+,12+,13-;8-,9-,10+,11-,12+;/m1111./s1. The van der Waals surface area contributed by atoms with Gasteiger partial charge in [-0.15, -0.1) is 0 Å². The molecule has 21 N–H and O–H groups in total. The first-order valence-electron chi connectivity index (χ1n) is 29.3. The Hall–Kier alpha value is -6.31. The topological polar surface area (TPSA) is 596 Å². The van der Waals surface area contributed by atoms with Gasteiger partial charge in [0.15, 0.2) is 30.2 Å². The average Bonchev–Trinajstić information content (AvgIpc) is 0.822. The van der Waals surface area contributed by atoms with Gasteiger partial charge in [-0.2, -0.15) is 5.26 Å². The number of nitriles is 1. The van der Waals surface area contributed by atoms with Gasteiger partial charge in [-0.05, 0) is 48.9 Å². The second-order valence-corrected chi connectivity index (χ2v) is 23.3. The Morgan fingerprint density at radius 2 is 1.08 bits per heavy atom. The maximum atomic E-state index is 11.2. The highest BCUT2D eigenvalue weighted by Gasteiger charge is 2.49. The van der Waals surface area contributed by atoms with Crippen LogP contribution in [0.15, 0.2) is 117 Å². The van der Waals surface area contributed by atoms with E-state index in [1.165, 1.54) is 42.5 Å². The molecule has 5 saturated heterocycles. The molecule has 1 aromatic heterocycles. The normalized spacial score (nSPS) is 34.5. The van der Waals surface area contributed by atoms with Gasteiger partial charge in [-0.3, -0.25) is 10.1 Å². The van der Waals surface area contributed by atoms with E-state index in [0.29, 0.717) is 21.6 Å². The first-order chi connectivity index (χ1) is 45.2. The predicted molar refractivity (Wildman–Crippen MR) is 321 cm³/mol. The van der Waals surface area contributed by atoms with Crippen molar-refractivity contribution in [1.29, 1.82) is 5.26 Å². The van der Waals surface area contributed by atoms with E-state index in [9.17, 15) is 102 Å². The molecule has 10 rings (SSSR count). The zero-order valence-corrected chi connectivity index (χ0v) is 51.4. The van der Waals surface area contributed by atoms with E-state index in [-0.39, 0.29) is 41.3 Å². The second kappa shape index (κ2) is 36.5. The van der Waals surface area contributed by atoms with Crippen LogP contribution in [0, 0.1) is 28.4 Å². The Balaban J connectivity index is 0.000000205. The quantitative estimate of drug-likeness (QED) is 0.0234. The number of aliphatic hydroxyl groups is 18. The number of nitro groups is 1. The van der Waals surface area contributed by atoms with Crippen molar-refractivity contribution >= 4 is 28.4 Å². The Morgan fingerprint density at radius 1 is 0.583 bits per heavy atom. The van der Waals surface area contributed by atoms with Crippen LogP contribution in [-0.2, 0) is 33.2 Å². The molecular formula is C60H78N2O33S. The lowest BCUT2D eigenvalue weighted by atomic mass is 9.99. The number of phenols is 1. The minimum Gasteiger partial charge on any atom is -0.504 e. The van der Waals surface area contributed by atoms with Gasteiger partial charge in [0.25, 0.3) is 5.69 Å². The molecule has 5 aliphatic heterocycles. The van der Waals surface area contributed by atoms with Crippen LogP contribution >= 0.6 is 11.8 Å². The summed E-state index contributed by atoms with van der Waals surface area (Å²) in [7, 11) is 0. The second-order valence-electron chi connectivity index (χ2n) is 22.1. The number of nitrogens with zero attached hydrogens (tertiary/aromatic N) is 2. The van der Waals surface area contributed by atoms with Crippen molar-refractivity contribution in [3.8, 4) is 23.3 Å². The van der Waals surface area contributed by atoms with Crippen molar-refractivity contribution in [1.82, 2.24) is 0 Å². The van der Waals surface area contributed by atoms with Crippen molar-refractivity contribution in [2.24, 2.45) is 0 Å². The maximum Gasteiger partial charge on any atom is 0.336 e. The van der Waals surface area contributed by atoms with Gasteiger partial charge in [0.1, 0.15) is 127 Å². The van der Waals surface area contributed by atoms with Crippen molar-refractivity contribution < 1.29 is 154 Å². The molecule has 36 heteroatoms. The van der Waals surface area contributed by atoms with Gasteiger partial charge in [0.05, 0.1) is 50.1 Å². The number of ether oxygens (including phenoxy) is 9. The third-order valence-electron chi connectivity index (χ3n) is 15.4. The number of nitro benzene ring substituents is 1. The number of thioether (sulfide) groups is 1. The van der Waals surface area contributed by atoms with Crippen LogP contribution in [-0.4, -0.2) is 287 Å². The van der Waals surface area contributed by atoms with Gasteiger partial charge in [-0.25, -0.2) is 4.79 Å². The van der Waals surface area contributed by atoms with Crippen LogP contribution in [0.4, 0.5) is 5.69 Å². The number of non-ortho nitro benzene ring substituents is 1. The summed E-state index contributed by atoms with van der Waals surface area (Å²) in [5.74, 6) is -0.00980. The molecule has 0 saturated carbocycles. The third-order valence-corrected chi connectivity index (χ3v) is 16.5. The van der Waals surface area contributed by atoms with E-state index in [2.05, 4.69) is 0 Å². The number of aliphatic hydroxyl groups excluding tert-OH is 18. The third kappa shape index (κ3) is 20.0. The van der Waals surface area contributed by atoms with Crippen LogP contribution in [0.3, 0.4) is 0 Å². The number of aromatic hydroxyl groups is 1. The van der Waals surface area contributed by atoms with Crippen molar-refractivity contribution in [2.45, 2.75) is 171 Å². The smallest absolute Gasteiger partial charge is 0.336 e. The molecule has 0 aliphatic carbocycles. The highest BCUT2D eigenvalue weighted by Crippen LogP contribution is 2.37. The summed E-state index contributed by atoms with van der Waals surface area (Å²) in [4.78, 5) is 21.8. The molecule has 0 radical (unpaired) electrons. The minimum absolute atomic E-state index is 0. The van der Waals surface area contributed by atoms with Gasteiger partial charge >= 0.3 is 5.63 Å². The Morgan fingerprint density at radius 3 is 1.62 bits per heavy atom. The lowest BCUT2D eigenvalue weighted by Gasteiger charge is -2.41. The van der Waals surface area contributed by atoms with E-state index >= 15 is 0 Å². The monoisotopic (exact) mass is 1390 g/mol. The molecule has 6 heterocycles. The number of phenolic OH excluding ortho intramolecular Hbond substituents is 1. The van der Waals surface area contributed by atoms with Crippen LogP contribution in [0.2, 0.25) is 0 Å². The Labute approximate surface area is 548 Å². The molecule has 25 atom stereocenters. The summed E-state index contributed by atoms with van der Waals surface area (Å²) < 4.78 is 53.4. The summed E-state index contributed by atoms with van der Waals surface area (Å²) in [6.07, 6.45) is -31.8. The summed E-state index contributed by atoms with van der Waals surface area (Å²) >= 11 is 1.04. The van der Waals surface area contributed by atoms with Crippen LogP contribution < -0.4 is 15.1 Å². The molecule has 35 nitrogen and oxygen atoms in total. The largest absolute Gasteiger partial charge is 0.504 e. The molecule has 5 fully saturated rings. The Bertz CT molecular complexity index is 3260. The van der Waals surface area contributed by atoms with E-state index in [1.54, 1.807) is 42.5 Å². The van der Waals surface area contributed by atoms with E-state index in [0.717, 1.165) is 23.4 Å². The molecule has 96 heavy (non-hydrogen) atoms. The first kappa shape index (κ1) is 78.7. The molecule has 5 aliphatic rings. The number of rotatable bonds is 17. The summed E-state index contributed by atoms with van der Waals surface area (Å²) in [5, 5.41) is 205. The molecule has 0 spiro atoms. The zero-order chi connectivity index (χ0) is 69.5. The number of hydrogen-bond acceptors (Lipinski definition) is 34. The van der Waals surface area contributed by atoms with Crippen LogP contribution in [0.1, 0.15) is 23.7 Å². The maximum absolute atomic E-state index is 11.2. The fraction of sp³-hybridized carbons (Fsp3) is 0.533. The molecule has 5 aromatic rings. The summed E-state index contributed by atoms with van der Waals surface area (Å²) in [5.41, 5.74) is 0.175. The van der Waals surface area contributed by atoms with Gasteiger partial charge in [0, 0.05) is 41.0 Å². The molecule has 0 bridgehead atoms. The fourth-order valence-corrected chi connectivity index (χ4v) is 10.9. The molecule has 532 valence electrons. The minimum atomic E-state index is -1.63. The highest BCUT2D eigenvalue weighted by molar-refractivity contribution is 7.99. The fourth-order valence-electron chi connectivity index (χ4n) is 9.82. The molecule has 4 aromatic carbocycles. The molecule has 1 unspecified atom stereocenters. The lowest BCUT2D eigenvalue weighted by Crippen LogP contribution is -2.60. The number of fused-ring (bicyclic) bond motifs is 1. The average molecular weight is 1390 g/mol. The number of benzene rings is 4. The summed E-state index contributed by atoms with van der Waals surface area (Å²) in [6, 6.07) is 28.3. The summed E-state index contributed by atoms with van der Waals surface area (Å²) in [6.45, 7) is -0.492. The number of aryl methyl sites for hydroxylation is 1. The van der Waals surface area contributed by atoms with Gasteiger partial charge < -0.3 is 150 Å². The van der Waals surface area contributed by atoms with Crippen molar-refractivity contribution in [2.75, 3.05) is 33.0 Å². The molecular weight excluding hydrogens is 1310 g/mol. The van der Waals surface area contributed by atoms with E-state index in [1.807, 2.05) is 25.1 Å². The molecule has 0 amide bonds. The SMILES string of the molecule is Cc1ccc(O[C@@H]2O[C@H](CO)[C@@H](O)[C@H](O)[C@@H]2O)cc1.N#CC(O[C@@H]1O[C@H](CO[C@H]2C[C@@H](O)[C@H](O)[C@@H](CO)O2)[C@@H](O)[C@H](O)[C@H]1O)c1ccccc1.O.O=[N+]([O-])c1ccc(S[C@@H]2O[C@H](CO)[C@@H](O)[C@H](O)[C@H]2O)cc1.O=c1ccc2cc(O[C@@H]3O[C@H](CO)[C@@H](O)[C@H](O)[C@H]3O)c(O)cc2o1. The van der Waals surface area contributed by atoms with Crippen molar-refractivity contribution in [3.05, 3.63) is 135 Å².